The van der Waals surface area contributed by atoms with Crippen LogP contribution in [0.5, 0.6) is 0 Å². The van der Waals surface area contributed by atoms with Crippen LogP contribution in [0, 0.1) is 5.82 Å². The van der Waals surface area contributed by atoms with E-state index in [-0.39, 0.29) is 5.82 Å². The van der Waals surface area contributed by atoms with Gasteiger partial charge in [0.1, 0.15) is 11.7 Å². The van der Waals surface area contributed by atoms with Crippen LogP contribution >= 0.6 is 0 Å². The number of nitrogens with zero attached hydrogens (tertiary/aromatic N) is 2. The molecule has 0 radical (unpaired) electrons. The van der Waals surface area contributed by atoms with Gasteiger partial charge in [0, 0.05) is 11.8 Å². The fourth-order valence-corrected chi connectivity index (χ4v) is 2.63. The van der Waals surface area contributed by atoms with E-state index in [2.05, 4.69) is 15.3 Å². The summed E-state index contributed by atoms with van der Waals surface area (Å²) in [7, 11) is 0. The summed E-state index contributed by atoms with van der Waals surface area (Å²) in [6.45, 7) is 0. The van der Waals surface area contributed by atoms with Crippen molar-refractivity contribution in [2.75, 3.05) is 5.32 Å². The zero-order chi connectivity index (χ0) is 16.4. The van der Waals surface area contributed by atoms with E-state index in [9.17, 15) is 4.39 Å². The number of hydrogen-bond acceptors (Lipinski definition) is 3. The highest BCUT2D eigenvalue weighted by Gasteiger charge is 2.16. The first kappa shape index (κ1) is 14.3. The van der Waals surface area contributed by atoms with E-state index >= 15 is 0 Å². The molecule has 0 saturated heterocycles. The first-order valence-corrected chi connectivity index (χ1v) is 7.63. The average Bonchev–Trinajstić information content (AvgIpc) is 2.77. The Bertz CT molecular complexity index is 946. The van der Waals surface area contributed by atoms with Gasteiger partial charge in [0.05, 0.1) is 17.1 Å². The highest BCUT2D eigenvalue weighted by atomic mass is 19.1. The van der Waals surface area contributed by atoms with Crippen LogP contribution in [0.2, 0.25) is 0 Å². The normalized spacial score (nSPS) is 12.8. The monoisotopic (exact) mass is 315 g/mol. The molecular weight excluding hydrogens is 301 g/mol. The van der Waals surface area contributed by atoms with Crippen molar-refractivity contribution in [2.45, 2.75) is 0 Å². The Balaban J connectivity index is 1.80. The maximum atomic E-state index is 13.7. The standard InChI is InChI=1S/C20H14FN3/c21-15-9-10-17-16(13-15)20-18(7-4-12-22-20)24-19(23-17)11-8-14-5-2-1-3-6-14/h1-13H,(H,23,24)/b11-8+. The van der Waals surface area contributed by atoms with E-state index in [1.807, 2.05) is 54.6 Å². The largest absolute Gasteiger partial charge is 0.338 e. The number of aromatic nitrogens is 1. The lowest BCUT2D eigenvalue weighted by atomic mass is 10.1. The van der Waals surface area contributed by atoms with Crippen molar-refractivity contribution in [3.8, 4) is 11.3 Å². The minimum absolute atomic E-state index is 0.302. The summed E-state index contributed by atoms with van der Waals surface area (Å²) in [6.07, 6.45) is 5.58. The summed E-state index contributed by atoms with van der Waals surface area (Å²) >= 11 is 0. The second-order valence-corrected chi connectivity index (χ2v) is 5.43. The van der Waals surface area contributed by atoms with Gasteiger partial charge in [-0.15, -0.1) is 0 Å². The molecule has 24 heavy (non-hydrogen) atoms. The average molecular weight is 315 g/mol. The fraction of sp³-hybridized carbons (Fsp3) is 0. The molecule has 0 aliphatic carbocycles. The highest BCUT2D eigenvalue weighted by Crippen LogP contribution is 2.36. The number of rotatable bonds is 2. The molecule has 4 rings (SSSR count). The molecule has 3 nitrogen and oxygen atoms in total. The quantitative estimate of drug-likeness (QED) is 0.718. The number of aliphatic imine (C=N–C) groups is 1. The van der Waals surface area contributed by atoms with Crippen molar-refractivity contribution >= 4 is 23.3 Å². The van der Waals surface area contributed by atoms with Crippen LogP contribution in [-0.2, 0) is 0 Å². The topological polar surface area (TPSA) is 37.3 Å². The fourth-order valence-electron chi connectivity index (χ4n) is 2.63. The van der Waals surface area contributed by atoms with Crippen LogP contribution in [0.25, 0.3) is 17.3 Å². The van der Waals surface area contributed by atoms with Gasteiger partial charge in [0.15, 0.2) is 0 Å². The number of amidine groups is 1. The lowest BCUT2D eigenvalue weighted by Gasteiger charge is -2.07. The smallest absolute Gasteiger partial charge is 0.131 e. The van der Waals surface area contributed by atoms with Crippen LogP contribution in [0.4, 0.5) is 15.8 Å². The summed E-state index contributed by atoms with van der Waals surface area (Å²) < 4.78 is 13.7. The maximum Gasteiger partial charge on any atom is 0.131 e. The minimum Gasteiger partial charge on any atom is -0.338 e. The van der Waals surface area contributed by atoms with Crippen LogP contribution in [-0.4, -0.2) is 10.8 Å². The second kappa shape index (κ2) is 6.08. The van der Waals surface area contributed by atoms with Gasteiger partial charge in [-0.3, -0.25) is 4.98 Å². The molecule has 0 spiro atoms. The first-order valence-electron chi connectivity index (χ1n) is 7.63. The SMILES string of the molecule is Fc1ccc2c(c1)-c1ncccc1NC(/C=C/c1ccccc1)=N2. The predicted octanol–water partition coefficient (Wildman–Crippen LogP) is 5.06. The number of pyridine rings is 1. The summed E-state index contributed by atoms with van der Waals surface area (Å²) in [4.78, 5) is 9.01. The maximum absolute atomic E-state index is 13.7. The Morgan fingerprint density at radius 1 is 0.917 bits per heavy atom. The summed E-state index contributed by atoms with van der Waals surface area (Å²) in [6, 6.07) is 18.3. The van der Waals surface area contributed by atoms with Crippen LogP contribution in [0.3, 0.4) is 0 Å². The van der Waals surface area contributed by atoms with Gasteiger partial charge < -0.3 is 5.32 Å². The molecule has 0 bridgehead atoms. The van der Waals surface area contributed by atoms with Crippen molar-refractivity contribution < 1.29 is 4.39 Å². The van der Waals surface area contributed by atoms with Crippen LogP contribution < -0.4 is 5.32 Å². The van der Waals surface area contributed by atoms with E-state index in [0.717, 1.165) is 11.3 Å². The summed E-state index contributed by atoms with van der Waals surface area (Å²) in [5.41, 5.74) is 3.95. The Labute approximate surface area is 139 Å². The molecule has 1 aliphatic heterocycles. The number of anilines is 1. The Morgan fingerprint density at radius 2 is 1.79 bits per heavy atom. The second-order valence-electron chi connectivity index (χ2n) is 5.43. The number of benzene rings is 2. The lowest BCUT2D eigenvalue weighted by Crippen LogP contribution is -2.08. The molecule has 0 unspecified atom stereocenters. The molecule has 2 aromatic carbocycles. The lowest BCUT2D eigenvalue weighted by molar-refractivity contribution is 0.628. The zero-order valence-corrected chi connectivity index (χ0v) is 12.8. The Morgan fingerprint density at radius 3 is 2.67 bits per heavy atom. The van der Waals surface area contributed by atoms with Gasteiger partial charge in [0.25, 0.3) is 0 Å². The summed E-state index contributed by atoms with van der Waals surface area (Å²) in [5, 5.41) is 3.27. The highest BCUT2D eigenvalue weighted by molar-refractivity contribution is 6.11. The molecule has 1 aliphatic rings. The number of hydrogen-bond donors (Lipinski definition) is 1. The van der Waals surface area contributed by atoms with Gasteiger partial charge in [-0.25, -0.2) is 9.38 Å². The van der Waals surface area contributed by atoms with Crippen molar-refractivity contribution in [2.24, 2.45) is 4.99 Å². The molecule has 0 atom stereocenters. The number of nitrogens with one attached hydrogen (secondary N) is 1. The molecule has 2 heterocycles. The van der Waals surface area contributed by atoms with E-state index < -0.39 is 0 Å². The van der Waals surface area contributed by atoms with Gasteiger partial charge in [0.2, 0.25) is 0 Å². The molecule has 3 aromatic rings. The zero-order valence-electron chi connectivity index (χ0n) is 12.8. The van der Waals surface area contributed by atoms with E-state index in [1.54, 1.807) is 12.3 Å². The first-order chi connectivity index (χ1) is 11.8. The molecule has 116 valence electrons. The molecule has 1 N–H and O–H groups in total. The Hall–Kier alpha value is -3.27. The van der Waals surface area contributed by atoms with Crippen LogP contribution in [0.15, 0.2) is 77.9 Å². The van der Waals surface area contributed by atoms with E-state index in [1.165, 1.54) is 12.1 Å². The molecule has 1 aromatic heterocycles. The van der Waals surface area contributed by atoms with Gasteiger partial charge in [-0.05, 0) is 42.0 Å². The van der Waals surface area contributed by atoms with E-state index in [4.69, 9.17) is 0 Å². The minimum atomic E-state index is -0.302. The molecule has 4 heteroatoms. The molecular formula is C20H14FN3. The van der Waals surface area contributed by atoms with Gasteiger partial charge >= 0.3 is 0 Å². The molecule has 0 amide bonds. The molecule has 0 saturated carbocycles. The Kier molecular flexibility index (Phi) is 3.63. The third kappa shape index (κ3) is 2.82. The molecule has 0 fully saturated rings. The van der Waals surface area contributed by atoms with E-state index in [0.29, 0.717) is 22.8 Å². The van der Waals surface area contributed by atoms with Crippen molar-refractivity contribution in [3.63, 3.8) is 0 Å². The van der Waals surface area contributed by atoms with Crippen molar-refractivity contribution in [3.05, 3.63) is 84.3 Å². The van der Waals surface area contributed by atoms with Gasteiger partial charge in [-0.2, -0.15) is 0 Å². The van der Waals surface area contributed by atoms with Crippen molar-refractivity contribution in [1.29, 1.82) is 0 Å². The van der Waals surface area contributed by atoms with Gasteiger partial charge in [-0.1, -0.05) is 36.4 Å². The number of fused-ring (bicyclic) bond motifs is 3. The summed E-state index contributed by atoms with van der Waals surface area (Å²) in [5.74, 6) is 0.377. The third-order valence-corrected chi connectivity index (χ3v) is 3.76. The van der Waals surface area contributed by atoms with Crippen LogP contribution in [0.1, 0.15) is 5.56 Å². The van der Waals surface area contributed by atoms with Crippen molar-refractivity contribution in [1.82, 2.24) is 4.98 Å². The number of halogens is 1. The predicted molar refractivity (Wildman–Crippen MR) is 95.8 cm³/mol. The third-order valence-electron chi connectivity index (χ3n) is 3.76.